The van der Waals surface area contributed by atoms with Crippen molar-refractivity contribution in [2.75, 3.05) is 26.5 Å². The van der Waals surface area contributed by atoms with Gasteiger partial charge in [-0.15, -0.1) is 11.8 Å². The van der Waals surface area contributed by atoms with Crippen LogP contribution in [-0.4, -0.2) is 49.3 Å². The van der Waals surface area contributed by atoms with Crippen molar-refractivity contribution in [2.24, 2.45) is 5.92 Å². The first-order valence-electron chi connectivity index (χ1n) is 9.54. The predicted octanol–water partition coefficient (Wildman–Crippen LogP) is 2.97. The Morgan fingerprint density at radius 3 is 2.59 bits per heavy atom. The SMILES string of the molecule is CCCCNC(=O)C1CSC(c2ccc(OC)c(OC)c2)N1C(=O)C1CC1. The molecule has 148 valence electrons. The molecule has 1 aliphatic heterocycles. The third-order valence-corrected chi connectivity index (χ3v) is 6.33. The molecule has 2 fully saturated rings. The van der Waals surface area contributed by atoms with Crippen LogP contribution in [0.3, 0.4) is 0 Å². The highest BCUT2D eigenvalue weighted by Crippen LogP contribution is 2.46. The van der Waals surface area contributed by atoms with Crippen LogP contribution in [0.4, 0.5) is 0 Å². The largest absolute Gasteiger partial charge is 0.493 e. The highest BCUT2D eigenvalue weighted by atomic mass is 32.2. The Kier molecular flexibility index (Phi) is 6.52. The van der Waals surface area contributed by atoms with Crippen molar-refractivity contribution in [2.45, 2.75) is 44.0 Å². The van der Waals surface area contributed by atoms with E-state index in [1.54, 1.807) is 30.9 Å². The van der Waals surface area contributed by atoms with Gasteiger partial charge in [-0.3, -0.25) is 9.59 Å². The molecule has 1 aromatic carbocycles. The molecule has 7 heteroatoms. The Morgan fingerprint density at radius 2 is 1.96 bits per heavy atom. The van der Waals surface area contributed by atoms with Crippen LogP contribution in [0.1, 0.15) is 43.5 Å². The van der Waals surface area contributed by atoms with E-state index in [4.69, 9.17) is 9.47 Å². The summed E-state index contributed by atoms with van der Waals surface area (Å²) in [5.41, 5.74) is 0.954. The number of benzene rings is 1. The second-order valence-electron chi connectivity index (χ2n) is 6.98. The van der Waals surface area contributed by atoms with E-state index < -0.39 is 6.04 Å². The van der Waals surface area contributed by atoms with Gasteiger partial charge in [-0.05, 0) is 37.0 Å². The lowest BCUT2D eigenvalue weighted by Gasteiger charge is -2.29. The van der Waals surface area contributed by atoms with Crippen molar-refractivity contribution in [1.29, 1.82) is 0 Å². The number of nitrogens with one attached hydrogen (secondary N) is 1. The van der Waals surface area contributed by atoms with E-state index in [1.807, 2.05) is 18.2 Å². The predicted molar refractivity (Wildman–Crippen MR) is 106 cm³/mol. The van der Waals surface area contributed by atoms with Crippen molar-refractivity contribution in [3.05, 3.63) is 23.8 Å². The summed E-state index contributed by atoms with van der Waals surface area (Å²) in [6.45, 7) is 2.75. The van der Waals surface area contributed by atoms with Gasteiger partial charge in [0.25, 0.3) is 0 Å². The average Bonchev–Trinajstić information content (AvgIpc) is 3.45. The summed E-state index contributed by atoms with van der Waals surface area (Å²) in [7, 11) is 3.20. The van der Waals surface area contributed by atoms with Gasteiger partial charge < -0.3 is 19.7 Å². The summed E-state index contributed by atoms with van der Waals surface area (Å²) < 4.78 is 10.7. The molecule has 0 bridgehead atoms. The highest BCUT2D eigenvalue weighted by Gasteiger charge is 2.46. The van der Waals surface area contributed by atoms with E-state index in [-0.39, 0.29) is 23.1 Å². The van der Waals surface area contributed by atoms with E-state index >= 15 is 0 Å². The molecule has 2 aliphatic rings. The molecule has 6 nitrogen and oxygen atoms in total. The van der Waals surface area contributed by atoms with Gasteiger partial charge in [-0.25, -0.2) is 0 Å². The van der Waals surface area contributed by atoms with E-state index in [2.05, 4.69) is 12.2 Å². The molecule has 1 N–H and O–H groups in total. The van der Waals surface area contributed by atoms with Crippen LogP contribution in [0.25, 0.3) is 0 Å². The van der Waals surface area contributed by atoms with Gasteiger partial charge in [-0.1, -0.05) is 19.4 Å². The summed E-state index contributed by atoms with van der Waals surface area (Å²) in [5, 5.41) is 2.81. The maximum absolute atomic E-state index is 13.0. The lowest BCUT2D eigenvalue weighted by molar-refractivity contribution is -0.140. The monoisotopic (exact) mass is 392 g/mol. The Labute approximate surface area is 165 Å². The zero-order chi connectivity index (χ0) is 19.4. The molecule has 0 spiro atoms. The fourth-order valence-electron chi connectivity index (χ4n) is 3.29. The maximum Gasteiger partial charge on any atom is 0.243 e. The Balaban J connectivity index is 1.83. The Morgan fingerprint density at radius 1 is 1.22 bits per heavy atom. The minimum atomic E-state index is -0.418. The fourth-order valence-corrected chi connectivity index (χ4v) is 4.72. The number of carbonyl (C=O) groups excluding carboxylic acids is 2. The third kappa shape index (κ3) is 4.34. The topological polar surface area (TPSA) is 67.9 Å². The number of carbonyl (C=O) groups is 2. The molecular formula is C20H28N2O4S. The van der Waals surface area contributed by atoms with E-state index in [0.717, 1.165) is 31.2 Å². The van der Waals surface area contributed by atoms with Crippen LogP contribution in [0.5, 0.6) is 11.5 Å². The smallest absolute Gasteiger partial charge is 0.243 e. The molecule has 3 rings (SSSR count). The molecule has 2 unspecified atom stereocenters. The van der Waals surface area contributed by atoms with Crippen molar-refractivity contribution in [1.82, 2.24) is 10.2 Å². The number of rotatable bonds is 8. The third-order valence-electron chi connectivity index (χ3n) is 5.01. The number of thioether (sulfide) groups is 1. The first-order chi connectivity index (χ1) is 13.1. The number of hydrogen-bond donors (Lipinski definition) is 1. The highest BCUT2D eigenvalue weighted by molar-refractivity contribution is 7.99. The molecule has 2 atom stereocenters. The molecule has 2 amide bonds. The molecule has 1 saturated carbocycles. The molecule has 0 aromatic heterocycles. The number of nitrogens with zero attached hydrogens (tertiary/aromatic N) is 1. The van der Waals surface area contributed by atoms with Crippen LogP contribution in [0.2, 0.25) is 0 Å². The Bertz CT molecular complexity index is 693. The van der Waals surface area contributed by atoms with Crippen LogP contribution >= 0.6 is 11.8 Å². The van der Waals surface area contributed by atoms with Gasteiger partial charge in [0.15, 0.2) is 11.5 Å². The van der Waals surface area contributed by atoms with E-state index in [0.29, 0.717) is 23.8 Å². The summed E-state index contributed by atoms with van der Waals surface area (Å²) in [5.74, 6) is 2.00. The number of amides is 2. The molecule has 1 saturated heterocycles. The standard InChI is InChI=1S/C20H28N2O4S/c1-4-5-10-21-18(23)15-12-27-20(22(15)19(24)13-6-7-13)14-8-9-16(25-2)17(11-14)26-3/h8-9,11,13,15,20H,4-7,10,12H2,1-3H3,(H,21,23). The van der Waals surface area contributed by atoms with Gasteiger partial charge in [0, 0.05) is 18.2 Å². The van der Waals surface area contributed by atoms with Crippen LogP contribution in [0, 0.1) is 5.92 Å². The zero-order valence-corrected chi connectivity index (χ0v) is 17.0. The second kappa shape index (κ2) is 8.87. The van der Waals surface area contributed by atoms with Crippen LogP contribution in [0.15, 0.2) is 18.2 Å². The zero-order valence-electron chi connectivity index (χ0n) is 16.2. The van der Waals surface area contributed by atoms with Crippen molar-refractivity contribution < 1.29 is 19.1 Å². The normalized spacial score (nSPS) is 21.8. The van der Waals surface area contributed by atoms with Gasteiger partial charge in [0.2, 0.25) is 11.8 Å². The number of unbranched alkanes of at least 4 members (excludes halogenated alkanes) is 1. The lowest BCUT2D eigenvalue weighted by Crippen LogP contribution is -2.48. The van der Waals surface area contributed by atoms with E-state index in [9.17, 15) is 9.59 Å². The van der Waals surface area contributed by atoms with Gasteiger partial charge in [0.05, 0.1) is 14.2 Å². The van der Waals surface area contributed by atoms with Crippen molar-refractivity contribution in [3.8, 4) is 11.5 Å². The minimum absolute atomic E-state index is 0.0482. The summed E-state index contributed by atoms with van der Waals surface area (Å²) >= 11 is 1.63. The van der Waals surface area contributed by atoms with Crippen molar-refractivity contribution in [3.63, 3.8) is 0 Å². The van der Waals surface area contributed by atoms with Gasteiger partial charge in [-0.2, -0.15) is 0 Å². The number of methoxy groups -OCH3 is 2. The first-order valence-corrected chi connectivity index (χ1v) is 10.6. The molecule has 1 aliphatic carbocycles. The van der Waals surface area contributed by atoms with Gasteiger partial charge in [0.1, 0.15) is 11.4 Å². The van der Waals surface area contributed by atoms with Crippen molar-refractivity contribution >= 4 is 23.6 Å². The molecule has 0 radical (unpaired) electrons. The van der Waals surface area contributed by atoms with Crippen LogP contribution in [-0.2, 0) is 9.59 Å². The quantitative estimate of drug-likeness (QED) is 0.689. The first kappa shape index (κ1) is 19.9. The number of ether oxygens (including phenoxy) is 2. The molecule has 1 heterocycles. The van der Waals surface area contributed by atoms with Crippen LogP contribution < -0.4 is 14.8 Å². The lowest BCUT2D eigenvalue weighted by atomic mass is 10.1. The second-order valence-corrected chi connectivity index (χ2v) is 8.09. The minimum Gasteiger partial charge on any atom is -0.493 e. The molecule has 1 aromatic rings. The molecular weight excluding hydrogens is 364 g/mol. The summed E-state index contributed by atoms with van der Waals surface area (Å²) in [6.07, 6.45) is 3.81. The summed E-state index contributed by atoms with van der Waals surface area (Å²) in [6, 6.07) is 5.28. The summed E-state index contributed by atoms with van der Waals surface area (Å²) in [4.78, 5) is 27.5. The maximum atomic E-state index is 13.0. The molecule has 27 heavy (non-hydrogen) atoms. The average molecular weight is 393 g/mol. The number of hydrogen-bond acceptors (Lipinski definition) is 5. The van der Waals surface area contributed by atoms with E-state index in [1.165, 1.54) is 0 Å². The Hall–Kier alpha value is -1.89. The fraction of sp³-hybridized carbons (Fsp3) is 0.600. The van der Waals surface area contributed by atoms with Gasteiger partial charge >= 0.3 is 0 Å².